The zero-order valence-electron chi connectivity index (χ0n) is 8.66. The summed E-state index contributed by atoms with van der Waals surface area (Å²) in [5.74, 6) is 0.0126. The van der Waals surface area contributed by atoms with E-state index >= 15 is 0 Å². The van der Waals surface area contributed by atoms with E-state index in [9.17, 15) is 21.6 Å². The zero-order chi connectivity index (χ0) is 12.7. The van der Waals surface area contributed by atoms with Crippen LogP contribution in [0.1, 0.15) is 23.6 Å². The van der Waals surface area contributed by atoms with E-state index < -0.39 is 27.8 Å². The second-order valence-electron chi connectivity index (χ2n) is 3.90. The molecule has 7 heteroatoms. The highest BCUT2D eigenvalue weighted by Gasteiger charge is 2.31. The van der Waals surface area contributed by atoms with Gasteiger partial charge in [0, 0.05) is 6.04 Å². The lowest BCUT2D eigenvalue weighted by atomic mass is 10.0. The van der Waals surface area contributed by atoms with Crippen LogP contribution < -0.4 is 4.72 Å². The van der Waals surface area contributed by atoms with Crippen molar-refractivity contribution in [2.45, 2.75) is 18.6 Å². The van der Waals surface area contributed by atoms with Gasteiger partial charge in [0.2, 0.25) is 10.0 Å². The Hall–Kier alpha value is -1.08. The third-order valence-electron chi connectivity index (χ3n) is 2.64. The number of alkyl halides is 3. The van der Waals surface area contributed by atoms with Crippen molar-refractivity contribution in [1.29, 1.82) is 0 Å². The molecule has 17 heavy (non-hydrogen) atoms. The molecule has 1 N–H and O–H groups in total. The maximum atomic E-state index is 12.3. The van der Waals surface area contributed by atoms with Crippen molar-refractivity contribution in [3.8, 4) is 0 Å². The Morgan fingerprint density at radius 1 is 1.18 bits per heavy atom. The van der Waals surface area contributed by atoms with Crippen molar-refractivity contribution in [1.82, 2.24) is 4.72 Å². The van der Waals surface area contributed by atoms with Gasteiger partial charge in [0.05, 0.1) is 11.3 Å². The average Bonchev–Trinajstić information content (AvgIpc) is 2.58. The van der Waals surface area contributed by atoms with Crippen molar-refractivity contribution in [3.05, 3.63) is 35.4 Å². The lowest BCUT2D eigenvalue weighted by Crippen LogP contribution is -2.19. The van der Waals surface area contributed by atoms with Gasteiger partial charge in [0.1, 0.15) is 0 Å². The first-order valence-electron chi connectivity index (χ1n) is 4.95. The van der Waals surface area contributed by atoms with E-state index in [1.807, 2.05) is 0 Å². The topological polar surface area (TPSA) is 46.2 Å². The molecule has 1 aliphatic rings. The first-order valence-corrected chi connectivity index (χ1v) is 6.60. The third kappa shape index (κ3) is 2.78. The van der Waals surface area contributed by atoms with Gasteiger partial charge in [-0.25, -0.2) is 13.1 Å². The highest BCUT2D eigenvalue weighted by atomic mass is 32.2. The second kappa shape index (κ2) is 3.99. The van der Waals surface area contributed by atoms with Crippen LogP contribution in [0.15, 0.2) is 24.3 Å². The Morgan fingerprint density at radius 3 is 2.18 bits per heavy atom. The van der Waals surface area contributed by atoms with E-state index in [2.05, 4.69) is 4.72 Å². The summed E-state index contributed by atoms with van der Waals surface area (Å²) in [5, 5.41) is 0. The SMILES string of the molecule is O=S1(=O)CCC(c2ccc(C(F)(F)F)cc2)N1. The lowest BCUT2D eigenvalue weighted by molar-refractivity contribution is -0.137. The molecule has 2 rings (SSSR count). The van der Waals surface area contributed by atoms with E-state index in [0.29, 0.717) is 12.0 Å². The summed E-state index contributed by atoms with van der Waals surface area (Å²) < 4.78 is 61.6. The normalized spacial score (nSPS) is 23.8. The summed E-state index contributed by atoms with van der Waals surface area (Å²) in [5.41, 5.74) is -0.179. The van der Waals surface area contributed by atoms with Crippen molar-refractivity contribution in [3.63, 3.8) is 0 Å². The molecule has 1 heterocycles. The first-order chi connectivity index (χ1) is 7.78. The third-order valence-corrected chi connectivity index (χ3v) is 4.05. The molecule has 0 radical (unpaired) electrons. The van der Waals surface area contributed by atoms with Gasteiger partial charge in [-0.05, 0) is 24.1 Å². The molecule has 0 amide bonds. The van der Waals surface area contributed by atoms with Gasteiger partial charge < -0.3 is 0 Å². The maximum absolute atomic E-state index is 12.3. The molecular formula is C10H10F3NO2S. The van der Waals surface area contributed by atoms with E-state index in [1.165, 1.54) is 12.1 Å². The molecule has 1 atom stereocenters. The maximum Gasteiger partial charge on any atom is 0.416 e. The summed E-state index contributed by atoms with van der Waals surface area (Å²) >= 11 is 0. The Bertz CT molecular complexity index is 507. The number of benzene rings is 1. The van der Waals surface area contributed by atoms with Gasteiger partial charge in [0.15, 0.2) is 0 Å². The summed E-state index contributed by atoms with van der Waals surface area (Å²) in [6, 6.07) is 4.12. The van der Waals surface area contributed by atoms with Crippen LogP contribution in [0.2, 0.25) is 0 Å². The minimum atomic E-state index is -4.37. The highest BCUT2D eigenvalue weighted by Crippen LogP contribution is 2.31. The number of halogens is 3. The molecule has 94 valence electrons. The minimum absolute atomic E-state index is 0.0126. The molecule has 1 aliphatic heterocycles. The predicted molar refractivity (Wildman–Crippen MR) is 55.7 cm³/mol. The van der Waals surface area contributed by atoms with E-state index in [1.54, 1.807) is 0 Å². The largest absolute Gasteiger partial charge is 0.416 e. The predicted octanol–water partition coefficient (Wildman–Crippen LogP) is 2.07. The lowest BCUT2D eigenvalue weighted by Gasteiger charge is -2.11. The van der Waals surface area contributed by atoms with E-state index in [-0.39, 0.29) is 5.75 Å². The van der Waals surface area contributed by atoms with Crippen molar-refractivity contribution < 1.29 is 21.6 Å². The van der Waals surface area contributed by atoms with Crippen molar-refractivity contribution in [2.75, 3.05) is 5.75 Å². The molecule has 1 aromatic rings. The zero-order valence-corrected chi connectivity index (χ0v) is 9.48. The quantitative estimate of drug-likeness (QED) is 0.845. The highest BCUT2D eigenvalue weighted by molar-refractivity contribution is 7.89. The summed E-state index contributed by atoms with van der Waals surface area (Å²) in [6.07, 6.45) is -3.98. The molecule has 0 spiro atoms. The molecular weight excluding hydrogens is 255 g/mol. The standard InChI is InChI=1S/C10H10F3NO2S/c11-10(12,13)8-3-1-7(2-4-8)9-5-6-17(15,16)14-9/h1-4,9,14H,5-6H2. The van der Waals surface area contributed by atoms with Crippen LogP contribution in [0.25, 0.3) is 0 Å². The fourth-order valence-corrected chi connectivity index (χ4v) is 3.10. The molecule has 3 nitrogen and oxygen atoms in total. The first kappa shape index (κ1) is 12.4. The van der Waals surface area contributed by atoms with Crippen molar-refractivity contribution in [2.24, 2.45) is 0 Å². The number of sulfonamides is 1. The minimum Gasteiger partial charge on any atom is -0.212 e. The van der Waals surface area contributed by atoms with Gasteiger partial charge in [0.25, 0.3) is 0 Å². The molecule has 0 aliphatic carbocycles. The average molecular weight is 265 g/mol. The van der Waals surface area contributed by atoms with Gasteiger partial charge in [-0.15, -0.1) is 0 Å². The Kier molecular flexibility index (Phi) is 2.90. The molecule has 0 saturated carbocycles. The van der Waals surface area contributed by atoms with Gasteiger partial charge in [-0.1, -0.05) is 12.1 Å². The van der Waals surface area contributed by atoms with Crippen molar-refractivity contribution >= 4 is 10.0 Å². The summed E-state index contributed by atoms with van der Waals surface area (Å²) in [4.78, 5) is 0. The van der Waals surface area contributed by atoms with Crippen LogP contribution in [0, 0.1) is 0 Å². The van der Waals surface area contributed by atoms with Gasteiger partial charge in [-0.3, -0.25) is 0 Å². The van der Waals surface area contributed by atoms with Crippen LogP contribution in [-0.4, -0.2) is 14.2 Å². The molecule has 1 fully saturated rings. The second-order valence-corrected chi connectivity index (χ2v) is 5.77. The van der Waals surface area contributed by atoms with Crippen LogP contribution in [0.4, 0.5) is 13.2 Å². The number of hydrogen-bond donors (Lipinski definition) is 1. The van der Waals surface area contributed by atoms with Crippen LogP contribution in [0.3, 0.4) is 0 Å². The molecule has 0 aromatic heterocycles. The van der Waals surface area contributed by atoms with Crippen LogP contribution in [0.5, 0.6) is 0 Å². The number of hydrogen-bond acceptors (Lipinski definition) is 2. The summed E-state index contributed by atoms with van der Waals surface area (Å²) in [6.45, 7) is 0. The molecule has 1 unspecified atom stereocenters. The van der Waals surface area contributed by atoms with Crippen LogP contribution >= 0.6 is 0 Å². The fourth-order valence-electron chi connectivity index (χ4n) is 1.75. The van der Waals surface area contributed by atoms with E-state index in [4.69, 9.17) is 0 Å². The van der Waals surface area contributed by atoms with E-state index in [0.717, 1.165) is 12.1 Å². The van der Waals surface area contributed by atoms with Crippen LogP contribution in [-0.2, 0) is 16.2 Å². The molecule has 1 saturated heterocycles. The van der Waals surface area contributed by atoms with Gasteiger partial charge in [-0.2, -0.15) is 13.2 Å². The smallest absolute Gasteiger partial charge is 0.212 e. The Morgan fingerprint density at radius 2 is 1.76 bits per heavy atom. The fraction of sp³-hybridized carbons (Fsp3) is 0.400. The monoisotopic (exact) mass is 265 g/mol. The number of rotatable bonds is 1. The number of nitrogens with one attached hydrogen (secondary N) is 1. The Balaban J connectivity index is 2.20. The Labute approximate surface area is 96.7 Å². The summed E-state index contributed by atoms with van der Waals surface area (Å²) in [7, 11) is -3.25. The molecule has 1 aromatic carbocycles. The van der Waals surface area contributed by atoms with Gasteiger partial charge >= 0.3 is 6.18 Å². The molecule has 0 bridgehead atoms.